The number of nitriles is 1. The van der Waals surface area contributed by atoms with E-state index in [1.807, 2.05) is 54.3 Å². The van der Waals surface area contributed by atoms with Crippen LogP contribution in [-0.2, 0) is 4.79 Å². The zero-order valence-electron chi connectivity index (χ0n) is 14.9. The van der Waals surface area contributed by atoms with Gasteiger partial charge in [0.1, 0.15) is 17.4 Å². The predicted molar refractivity (Wildman–Crippen MR) is 107 cm³/mol. The van der Waals surface area contributed by atoms with E-state index in [9.17, 15) is 15.2 Å². The van der Waals surface area contributed by atoms with Crippen LogP contribution in [0.15, 0.2) is 78.5 Å². The number of hydrogen-bond donors (Lipinski definition) is 2. The highest BCUT2D eigenvalue weighted by Crippen LogP contribution is 2.30. The number of anilines is 2. The third-order valence-corrected chi connectivity index (χ3v) is 4.23. The van der Waals surface area contributed by atoms with Crippen LogP contribution in [0.3, 0.4) is 0 Å². The van der Waals surface area contributed by atoms with Crippen molar-refractivity contribution in [2.45, 2.75) is 6.92 Å². The fourth-order valence-electron chi connectivity index (χ4n) is 2.85. The number of carbonyl (C=O) groups is 1. The topological polar surface area (TPSA) is 76.4 Å². The molecule has 1 amide bonds. The summed E-state index contributed by atoms with van der Waals surface area (Å²) >= 11 is 0. The number of para-hydroxylation sites is 1. The van der Waals surface area contributed by atoms with E-state index in [1.165, 1.54) is 0 Å². The van der Waals surface area contributed by atoms with Crippen molar-refractivity contribution in [3.63, 3.8) is 0 Å². The number of aromatic hydroxyl groups is 1. The molecule has 3 aromatic carbocycles. The van der Waals surface area contributed by atoms with Gasteiger partial charge in [0.05, 0.1) is 0 Å². The molecule has 0 saturated heterocycles. The molecule has 0 aromatic heterocycles. The van der Waals surface area contributed by atoms with Gasteiger partial charge in [-0.2, -0.15) is 5.26 Å². The minimum Gasteiger partial charge on any atom is -0.507 e. The fraction of sp³-hybridized carbons (Fsp3) is 0.0909. The van der Waals surface area contributed by atoms with Crippen molar-refractivity contribution in [1.82, 2.24) is 0 Å². The molecule has 134 valence electrons. The molecule has 0 bridgehead atoms. The number of carbonyl (C=O) groups excluding carboxylic acids is 1. The lowest BCUT2D eigenvalue weighted by atomic mass is 10.1. The average molecular weight is 357 g/mol. The Balaban J connectivity index is 1.90. The summed E-state index contributed by atoms with van der Waals surface area (Å²) in [5.41, 5.74) is 1.44. The molecule has 2 N–H and O–H groups in total. The van der Waals surface area contributed by atoms with Crippen molar-refractivity contribution in [2.24, 2.45) is 0 Å². The van der Waals surface area contributed by atoms with Gasteiger partial charge in [-0.25, -0.2) is 0 Å². The van der Waals surface area contributed by atoms with Gasteiger partial charge in [-0.15, -0.1) is 0 Å². The maximum atomic E-state index is 12.7. The summed E-state index contributed by atoms with van der Waals surface area (Å²) in [7, 11) is 0. The second-order valence-corrected chi connectivity index (χ2v) is 5.91. The van der Waals surface area contributed by atoms with E-state index in [1.54, 1.807) is 36.5 Å². The molecule has 0 atom stereocenters. The van der Waals surface area contributed by atoms with E-state index in [0.717, 1.165) is 5.69 Å². The fourth-order valence-corrected chi connectivity index (χ4v) is 2.85. The molecule has 0 spiro atoms. The van der Waals surface area contributed by atoms with E-state index in [0.29, 0.717) is 23.0 Å². The quantitative estimate of drug-likeness (QED) is 0.523. The molecule has 0 saturated carbocycles. The molecule has 0 fully saturated rings. The Labute approximate surface area is 157 Å². The lowest BCUT2D eigenvalue weighted by Crippen LogP contribution is -2.20. The first-order valence-electron chi connectivity index (χ1n) is 8.59. The molecule has 0 radical (unpaired) electrons. The first kappa shape index (κ1) is 18.0. The van der Waals surface area contributed by atoms with Crippen molar-refractivity contribution < 1.29 is 9.90 Å². The second-order valence-electron chi connectivity index (χ2n) is 5.91. The van der Waals surface area contributed by atoms with Gasteiger partial charge in [0, 0.05) is 34.9 Å². The monoisotopic (exact) mass is 357 g/mol. The Hall–Kier alpha value is -3.78. The molecule has 0 heterocycles. The van der Waals surface area contributed by atoms with Crippen molar-refractivity contribution in [3.05, 3.63) is 78.5 Å². The summed E-state index contributed by atoms with van der Waals surface area (Å²) in [5.74, 6) is -0.358. The number of nitrogens with one attached hydrogen (secondary N) is 1. The summed E-state index contributed by atoms with van der Waals surface area (Å²) < 4.78 is 0. The Kier molecular flexibility index (Phi) is 5.38. The molecule has 3 aromatic rings. The van der Waals surface area contributed by atoms with Gasteiger partial charge >= 0.3 is 0 Å². The Morgan fingerprint density at radius 2 is 1.78 bits per heavy atom. The van der Waals surface area contributed by atoms with Crippen LogP contribution in [0.5, 0.6) is 5.75 Å². The van der Waals surface area contributed by atoms with Crippen LogP contribution >= 0.6 is 0 Å². The molecule has 0 aliphatic rings. The number of fused-ring (bicyclic) bond motifs is 1. The molecule has 0 aliphatic heterocycles. The van der Waals surface area contributed by atoms with Crippen LogP contribution in [0.2, 0.25) is 0 Å². The van der Waals surface area contributed by atoms with Crippen LogP contribution in [0.25, 0.3) is 10.8 Å². The van der Waals surface area contributed by atoms with Crippen molar-refractivity contribution >= 4 is 28.1 Å². The molecular weight excluding hydrogens is 338 g/mol. The van der Waals surface area contributed by atoms with Gasteiger partial charge < -0.3 is 15.3 Å². The maximum absolute atomic E-state index is 12.7. The van der Waals surface area contributed by atoms with Gasteiger partial charge in [-0.05, 0) is 31.2 Å². The minimum absolute atomic E-state index is 0.00198. The van der Waals surface area contributed by atoms with Gasteiger partial charge in [-0.3, -0.25) is 4.79 Å². The van der Waals surface area contributed by atoms with Crippen LogP contribution < -0.4 is 10.2 Å². The van der Waals surface area contributed by atoms with Crippen LogP contribution in [-0.4, -0.2) is 17.6 Å². The highest BCUT2D eigenvalue weighted by molar-refractivity contribution is 6.11. The first-order valence-corrected chi connectivity index (χ1v) is 8.59. The van der Waals surface area contributed by atoms with Crippen molar-refractivity contribution in [2.75, 3.05) is 16.8 Å². The number of phenolic OH excluding ortho intramolecular Hbond substituents is 1. The first-order chi connectivity index (χ1) is 13.1. The second kappa shape index (κ2) is 8.07. The molecule has 0 aliphatic carbocycles. The summed E-state index contributed by atoms with van der Waals surface area (Å²) in [5, 5.41) is 23.6. The number of benzene rings is 3. The minimum atomic E-state index is -0.497. The van der Waals surface area contributed by atoms with Gasteiger partial charge in [0.25, 0.3) is 5.91 Å². The molecule has 5 heteroatoms. The van der Waals surface area contributed by atoms with Crippen molar-refractivity contribution in [3.8, 4) is 11.8 Å². The summed E-state index contributed by atoms with van der Waals surface area (Å²) in [6.07, 6.45) is 1.55. The molecule has 0 unspecified atom stereocenters. The Bertz CT molecular complexity index is 1040. The summed E-state index contributed by atoms with van der Waals surface area (Å²) in [6.45, 7) is 2.56. The number of amides is 1. The number of rotatable bonds is 5. The molecule has 3 rings (SSSR count). The predicted octanol–water partition coefficient (Wildman–Crippen LogP) is 4.42. The number of hydrogen-bond acceptors (Lipinski definition) is 4. The highest BCUT2D eigenvalue weighted by atomic mass is 16.3. The van der Waals surface area contributed by atoms with Crippen molar-refractivity contribution in [1.29, 1.82) is 5.26 Å². The SMILES string of the molecule is CCN(/C=C(/C#N)C(=O)Nc1cccc2c(O)cccc12)c1ccccc1. The molecule has 5 nitrogen and oxygen atoms in total. The number of nitrogens with zero attached hydrogens (tertiary/aromatic N) is 2. The average Bonchev–Trinajstić information content (AvgIpc) is 2.70. The largest absolute Gasteiger partial charge is 0.507 e. The van der Waals surface area contributed by atoms with E-state index >= 15 is 0 Å². The van der Waals surface area contributed by atoms with Crippen LogP contribution in [0.1, 0.15) is 6.92 Å². The van der Waals surface area contributed by atoms with Gasteiger partial charge in [-0.1, -0.05) is 42.5 Å². The normalized spacial score (nSPS) is 11.0. The van der Waals surface area contributed by atoms with Gasteiger partial charge in [0.2, 0.25) is 0 Å². The maximum Gasteiger partial charge on any atom is 0.267 e. The Morgan fingerprint density at radius 1 is 1.07 bits per heavy atom. The molecular formula is C22H19N3O2. The standard InChI is InChI=1S/C22H19N3O2/c1-2-25(17-8-4-3-5-9-17)15-16(14-23)22(27)24-20-12-6-11-19-18(20)10-7-13-21(19)26/h3-13,15,26H,2H2,1H3,(H,24,27)/b16-15-. The van der Waals surface area contributed by atoms with Crippen LogP contribution in [0, 0.1) is 11.3 Å². The smallest absolute Gasteiger partial charge is 0.267 e. The van der Waals surface area contributed by atoms with E-state index in [-0.39, 0.29) is 11.3 Å². The zero-order valence-corrected chi connectivity index (χ0v) is 14.9. The lowest BCUT2D eigenvalue weighted by molar-refractivity contribution is -0.112. The zero-order chi connectivity index (χ0) is 19.2. The van der Waals surface area contributed by atoms with Gasteiger partial charge in [0.15, 0.2) is 0 Å². The third-order valence-electron chi connectivity index (χ3n) is 4.23. The number of phenols is 1. The van der Waals surface area contributed by atoms with E-state index in [4.69, 9.17) is 0 Å². The highest BCUT2D eigenvalue weighted by Gasteiger charge is 2.14. The third kappa shape index (κ3) is 3.91. The van der Waals surface area contributed by atoms with Crippen LogP contribution in [0.4, 0.5) is 11.4 Å². The van der Waals surface area contributed by atoms with E-state index < -0.39 is 5.91 Å². The van der Waals surface area contributed by atoms with E-state index in [2.05, 4.69) is 5.32 Å². The lowest BCUT2D eigenvalue weighted by Gasteiger charge is -2.19. The molecule has 27 heavy (non-hydrogen) atoms. The summed E-state index contributed by atoms with van der Waals surface area (Å²) in [4.78, 5) is 14.5. The Morgan fingerprint density at radius 3 is 2.48 bits per heavy atom. The summed E-state index contributed by atoms with van der Waals surface area (Å²) in [6, 6.07) is 21.9.